The molecule has 0 fully saturated rings. The molecule has 0 radical (unpaired) electrons. The molecule has 106 valence electrons. The van der Waals surface area contributed by atoms with Crippen molar-refractivity contribution in [3.05, 3.63) is 23.8 Å². The van der Waals surface area contributed by atoms with E-state index in [1.807, 2.05) is 13.0 Å². The van der Waals surface area contributed by atoms with Crippen molar-refractivity contribution in [1.29, 1.82) is 0 Å². The van der Waals surface area contributed by atoms with Crippen LogP contribution in [0.3, 0.4) is 0 Å². The molecule has 0 saturated heterocycles. The maximum absolute atomic E-state index is 11.6. The molecular formula is C14H23N3O2. The molecule has 1 aromatic rings. The summed E-state index contributed by atoms with van der Waals surface area (Å²) in [5.41, 5.74) is 7.86. The number of carbonyl (C=O) groups is 1. The number of nitrogen functional groups attached to an aromatic ring is 1. The Morgan fingerprint density at radius 3 is 2.79 bits per heavy atom. The molecule has 0 aliphatic carbocycles. The lowest BCUT2D eigenvalue weighted by molar-refractivity contribution is 0.0956. The van der Waals surface area contributed by atoms with Gasteiger partial charge in [-0.1, -0.05) is 6.92 Å². The number of amides is 1. The summed E-state index contributed by atoms with van der Waals surface area (Å²) < 4.78 is 0. The summed E-state index contributed by atoms with van der Waals surface area (Å²) in [5.74, 6) is 0.252. The highest BCUT2D eigenvalue weighted by Gasteiger charge is 2.08. The van der Waals surface area contributed by atoms with E-state index in [0.29, 0.717) is 23.7 Å². The van der Waals surface area contributed by atoms with Gasteiger partial charge in [-0.2, -0.15) is 0 Å². The zero-order valence-electron chi connectivity index (χ0n) is 11.6. The fraction of sp³-hybridized carbons (Fsp3) is 0.500. The Hall–Kier alpha value is -1.75. The number of aliphatic hydroxyl groups is 1. The molecule has 5 N–H and O–H groups in total. The van der Waals surface area contributed by atoms with Crippen LogP contribution in [0.25, 0.3) is 0 Å². The second kappa shape index (κ2) is 7.63. The Kier molecular flexibility index (Phi) is 6.15. The molecule has 1 unspecified atom stereocenters. The highest BCUT2D eigenvalue weighted by Crippen LogP contribution is 2.20. The van der Waals surface area contributed by atoms with E-state index in [9.17, 15) is 4.79 Å². The third-order valence-electron chi connectivity index (χ3n) is 2.91. The minimum Gasteiger partial charge on any atom is -0.397 e. The summed E-state index contributed by atoms with van der Waals surface area (Å²) in [6.45, 7) is 5.46. The van der Waals surface area contributed by atoms with Crippen molar-refractivity contribution in [2.75, 3.05) is 30.7 Å². The van der Waals surface area contributed by atoms with Gasteiger partial charge in [0.15, 0.2) is 0 Å². The Morgan fingerprint density at radius 1 is 1.47 bits per heavy atom. The number of carbonyl (C=O) groups excluding carboxylic acids is 1. The number of hydrogen-bond acceptors (Lipinski definition) is 4. The van der Waals surface area contributed by atoms with Gasteiger partial charge in [-0.05, 0) is 37.5 Å². The van der Waals surface area contributed by atoms with Crippen LogP contribution < -0.4 is 16.4 Å². The van der Waals surface area contributed by atoms with Gasteiger partial charge in [-0.25, -0.2) is 0 Å². The molecule has 0 aromatic heterocycles. The normalized spacial score (nSPS) is 11.9. The quantitative estimate of drug-likeness (QED) is 0.562. The zero-order valence-corrected chi connectivity index (χ0v) is 11.6. The van der Waals surface area contributed by atoms with Crippen molar-refractivity contribution in [3.63, 3.8) is 0 Å². The fourth-order valence-corrected chi connectivity index (χ4v) is 1.73. The van der Waals surface area contributed by atoms with Crippen LogP contribution >= 0.6 is 0 Å². The first-order chi connectivity index (χ1) is 9.08. The SMILES string of the molecule is CCNC(=O)c1ccc(NCC(C)CCO)c(N)c1. The largest absolute Gasteiger partial charge is 0.397 e. The van der Waals surface area contributed by atoms with E-state index >= 15 is 0 Å². The second-order valence-corrected chi connectivity index (χ2v) is 4.66. The van der Waals surface area contributed by atoms with Crippen molar-refractivity contribution < 1.29 is 9.90 Å². The molecule has 5 nitrogen and oxygen atoms in total. The molecule has 0 saturated carbocycles. The number of benzene rings is 1. The van der Waals surface area contributed by atoms with Gasteiger partial charge in [0.25, 0.3) is 5.91 Å². The summed E-state index contributed by atoms with van der Waals surface area (Å²) in [7, 11) is 0. The van der Waals surface area contributed by atoms with Gasteiger partial charge in [0.2, 0.25) is 0 Å². The number of anilines is 2. The number of aliphatic hydroxyl groups excluding tert-OH is 1. The summed E-state index contributed by atoms with van der Waals surface area (Å²) in [6, 6.07) is 5.23. The number of hydrogen-bond donors (Lipinski definition) is 4. The standard InChI is InChI=1S/C14H23N3O2/c1-3-16-14(19)11-4-5-13(12(15)8-11)17-9-10(2)6-7-18/h4-5,8,10,17-18H,3,6-7,9,15H2,1-2H3,(H,16,19). The Morgan fingerprint density at radius 2 is 2.21 bits per heavy atom. The average Bonchev–Trinajstić information content (AvgIpc) is 2.38. The van der Waals surface area contributed by atoms with Gasteiger partial charge < -0.3 is 21.5 Å². The highest BCUT2D eigenvalue weighted by atomic mass is 16.3. The summed E-state index contributed by atoms with van der Waals surface area (Å²) in [6.07, 6.45) is 0.754. The molecule has 0 spiro atoms. The Bertz CT molecular complexity index is 421. The van der Waals surface area contributed by atoms with Crippen LogP contribution in [0.4, 0.5) is 11.4 Å². The molecule has 1 amide bonds. The Labute approximate surface area is 114 Å². The van der Waals surface area contributed by atoms with E-state index in [1.54, 1.807) is 12.1 Å². The van der Waals surface area contributed by atoms with E-state index in [2.05, 4.69) is 17.6 Å². The van der Waals surface area contributed by atoms with Gasteiger partial charge in [-0.3, -0.25) is 4.79 Å². The monoisotopic (exact) mass is 265 g/mol. The minimum atomic E-state index is -0.116. The van der Waals surface area contributed by atoms with Crippen LogP contribution in [-0.2, 0) is 0 Å². The molecule has 0 aliphatic heterocycles. The van der Waals surface area contributed by atoms with Crippen molar-refractivity contribution in [3.8, 4) is 0 Å². The maximum Gasteiger partial charge on any atom is 0.251 e. The van der Waals surface area contributed by atoms with Crippen LogP contribution in [0.5, 0.6) is 0 Å². The number of nitrogens with one attached hydrogen (secondary N) is 2. The van der Waals surface area contributed by atoms with Gasteiger partial charge in [0.05, 0.1) is 11.4 Å². The molecule has 0 heterocycles. The predicted molar refractivity (Wildman–Crippen MR) is 78.2 cm³/mol. The lowest BCUT2D eigenvalue weighted by atomic mass is 10.1. The maximum atomic E-state index is 11.6. The molecule has 1 aromatic carbocycles. The molecule has 5 heteroatoms. The smallest absolute Gasteiger partial charge is 0.251 e. The molecule has 0 aliphatic rings. The van der Waals surface area contributed by atoms with Crippen LogP contribution in [0.1, 0.15) is 30.6 Å². The van der Waals surface area contributed by atoms with Crippen LogP contribution in [0.15, 0.2) is 18.2 Å². The zero-order chi connectivity index (χ0) is 14.3. The lowest BCUT2D eigenvalue weighted by Crippen LogP contribution is -2.22. The first-order valence-corrected chi connectivity index (χ1v) is 6.61. The summed E-state index contributed by atoms with van der Waals surface area (Å²) in [5, 5.41) is 14.8. The van der Waals surface area contributed by atoms with Gasteiger partial charge in [0.1, 0.15) is 0 Å². The van der Waals surface area contributed by atoms with Crippen LogP contribution in [-0.4, -0.2) is 30.7 Å². The van der Waals surface area contributed by atoms with E-state index in [1.165, 1.54) is 0 Å². The average molecular weight is 265 g/mol. The van der Waals surface area contributed by atoms with Gasteiger partial charge >= 0.3 is 0 Å². The van der Waals surface area contributed by atoms with Crippen LogP contribution in [0.2, 0.25) is 0 Å². The van der Waals surface area contributed by atoms with E-state index in [4.69, 9.17) is 10.8 Å². The van der Waals surface area contributed by atoms with Crippen molar-refractivity contribution in [2.45, 2.75) is 20.3 Å². The number of nitrogens with two attached hydrogens (primary N) is 1. The van der Waals surface area contributed by atoms with E-state index < -0.39 is 0 Å². The highest BCUT2D eigenvalue weighted by molar-refractivity contribution is 5.96. The third-order valence-corrected chi connectivity index (χ3v) is 2.91. The summed E-state index contributed by atoms with van der Waals surface area (Å²) in [4.78, 5) is 11.6. The van der Waals surface area contributed by atoms with Crippen LogP contribution in [0, 0.1) is 5.92 Å². The van der Waals surface area contributed by atoms with Crippen molar-refractivity contribution in [1.82, 2.24) is 5.32 Å². The predicted octanol–water partition coefficient (Wildman–Crippen LogP) is 1.45. The van der Waals surface area contributed by atoms with E-state index in [-0.39, 0.29) is 12.5 Å². The van der Waals surface area contributed by atoms with Crippen molar-refractivity contribution >= 4 is 17.3 Å². The Balaban J connectivity index is 2.64. The van der Waals surface area contributed by atoms with E-state index in [0.717, 1.165) is 18.7 Å². The first kappa shape index (κ1) is 15.3. The summed E-state index contributed by atoms with van der Waals surface area (Å²) >= 11 is 0. The number of rotatable bonds is 7. The molecular weight excluding hydrogens is 242 g/mol. The minimum absolute atomic E-state index is 0.116. The first-order valence-electron chi connectivity index (χ1n) is 6.61. The second-order valence-electron chi connectivity index (χ2n) is 4.66. The fourth-order valence-electron chi connectivity index (χ4n) is 1.73. The molecule has 0 bridgehead atoms. The topological polar surface area (TPSA) is 87.4 Å². The molecule has 1 rings (SSSR count). The lowest BCUT2D eigenvalue weighted by Gasteiger charge is -2.14. The van der Waals surface area contributed by atoms with Gasteiger partial charge in [-0.15, -0.1) is 0 Å². The van der Waals surface area contributed by atoms with Crippen molar-refractivity contribution in [2.24, 2.45) is 5.92 Å². The van der Waals surface area contributed by atoms with Gasteiger partial charge in [0, 0.05) is 25.3 Å². The molecule has 1 atom stereocenters. The third kappa shape index (κ3) is 4.79. The molecule has 19 heavy (non-hydrogen) atoms.